The molecule has 0 saturated heterocycles. The molecule has 0 spiro atoms. The second-order valence-corrected chi connectivity index (χ2v) is 4.07. The van der Waals surface area contributed by atoms with Crippen molar-refractivity contribution in [1.82, 2.24) is 0 Å². The van der Waals surface area contributed by atoms with E-state index in [0.717, 1.165) is 5.56 Å². The summed E-state index contributed by atoms with van der Waals surface area (Å²) in [5.74, 6) is -0.485. The summed E-state index contributed by atoms with van der Waals surface area (Å²) in [6, 6.07) is 18.6. The monoisotopic (exact) mass is 253 g/mol. The van der Waals surface area contributed by atoms with Crippen LogP contribution in [0.2, 0.25) is 0 Å². The molecule has 0 fully saturated rings. The molecule has 0 N–H and O–H groups in total. The first-order chi connectivity index (χ1) is 9.60. The Kier molecular flexibility index (Phi) is 4.04. The Labute approximate surface area is 114 Å². The van der Waals surface area contributed by atoms with Gasteiger partial charge in [-0.2, -0.15) is 0 Å². The summed E-state index contributed by atoms with van der Waals surface area (Å²) in [6.45, 7) is 1.31. The third-order valence-corrected chi connectivity index (χ3v) is 2.54. The largest absolute Gasteiger partial charge is 0.453 e. The van der Waals surface area contributed by atoms with Crippen LogP contribution in [0.1, 0.15) is 25.5 Å². The van der Waals surface area contributed by atoms with Gasteiger partial charge >= 0.3 is 5.97 Å². The molecule has 2 nitrogen and oxygen atoms in total. The zero-order valence-corrected chi connectivity index (χ0v) is 10.7. The Morgan fingerprint density at radius 1 is 1.11 bits per heavy atom. The lowest BCUT2D eigenvalue weighted by atomic mass is 10.1. The molecule has 1 atom stereocenters. The zero-order chi connectivity index (χ0) is 14.4. The molecule has 96 valence electrons. The second-order valence-electron chi connectivity index (χ2n) is 4.07. The maximum atomic E-state index is 11.3. The topological polar surface area (TPSA) is 26.3 Å². The maximum Gasteiger partial charge on any atom is 0.303 e. The van der Waals surface area contributed by atoms with E-state index in [4.69, 9.17) is 6.11 Å². The summed E-state index contributed by atoms with van der Waals surface area (Å²) >= 11 is 0. The molecule has 2 rings (SSSR count). The van der Waals surface area contributed by atoms with Gasteiger partial charge in [0.05, 0.1) is 1.37 Å². The number of rotatable bonds is 4. The number of ether oxygens (including phenoxy) is 1. The highest BCUT2D eigenvalue weighted by molar-refractivity contribution is 5.67. The molecule has 0 amide bonds. The van der Waals surface area contributed by atoms with Crippen LogP contribution < -0.4 is 0 Å². The Hall–Kier alpha value is -2.35. The fraction of sp³-hybridized carbons (Fsp3) is 0.118. The fourth-order valence-corrected chi connectivity index (χ4v) is 1.68. The SMILES string of the molecule is [2H]C(/C=C/c1ccccc1)(OC(C)=O)c1ccccc1. The summed E-state index contributed by atoms with van der Waals surface area (Å²) in [5.41, 5.74) is 1.56. The van der Waals surface area contributed by atoms with Crippen LogP contribution in [0.3, 0.4) is 0 Å². The van der Waals surface area contributed by atoms with Crippen molar-refractivity contribution in [3.63, 3.8) is 0 Å². The van der Waals surface area contributed by atoms with Crippen LogP contribution in [0.25, 0.3) is 6.08 Å². The average molecular weight is 253 g/mol. The standard InChI is InChI=1S/C17H16O2/c1-14(18)19-17(16-10-6-3-7-11-16)13-12-15-8-4-2-5-9-15/h2-13,17H,1H3/b13-12+/i17D. The molecule has 0 aliphatic heterocycles. The van der Waals surface area contributed by atoms with Gasteiger partial charge in [0.2, 0.25) is 0 Å². The summed E-state index contributed by atoms with van der Waals surface area (Å²) in [6.07, 6.45) is 1.85. The number of hydrogen-bond acceptors (Lipinski definition) is 2. The molecule has 0 saturated carbocycles. The normalized spacial score (nSPS) is 14.7. The molecule has 2 aromatic carbocycles. The smallest absolute Gasteiger partial charge is 0.303 e. The molecule has 0 radical (unpaired) electrons. The third kappa shape index (κ3) is 4.11. The van der Waals surface area contributed by atoms with E-state index in [9.17, 15) is 4.79 Å². The molecule has 0 aliphatic carbocycles. The zero-order valence-electron chi connectivity index (χ0n) is 11.7. The van der Waals surface area contributed by atoms with E-state index in [2.05, 4.69) is 0 Å². The quantitative estimate of drug-likeness (QED) is 0.770. The van der Waals surface area contributed by atoms with Gasteiger partial charge < -0.3 is 4.74 Å². The Morgan fingerprint density at radius 3 is 2.26 bits per heavy atom. The van der Waals surface area contributed by atoms with Crippen molar-refractivity contribution in [2.75, 3.05) is 0 Å². The molecule has 1 unspecified atom stereocenters. The van der Waals surface area contributed by atoms with Crippen molar-refractivity contribution >= 4 is 12.0 Å². The van der Waals surface area contributed by atoms with Crippen LogP contribution in [-0.4, -0.2) is 5.97 Å². The van der Waals surface area contributed by atoms with Gasteiger partial charge in [-0.3, -0.25) is 4.79 Å². The van der Waals surface area contributed by atoms with Crippen LogP contribution in [-0.2, 0) is 9.53 Å². The van der Waals surface area contributed by atoms with E-state index >= 15 is 0 Å². The van der Waals surface area contributed by atoms with Crippen LogP contribution in [0.5, 0.6) is 0 Å². The van der Waals surface area contributed by atoms with E-state index in [0.29, 0.717) is 5.56 Å². The van der Waals surface area contributed by atoms with E-state index in [1.807, 2.05) is 48.5 Å². The van der Waals surface area contributed by atoms with Gasteiger partial charge in [-0.1, -0.05) is 66.7 Å². The van der Waals surface area contributed by atoms with Crippen LogP contribution in [0.15, 0.2) is 66.7 Å². The van der Waals surface area contributed by atoms with Crippen molar-refractivity contribution in [3.05, 3.63) is 77.9 Å². The highest BCUT2D eigenvalue weighted by Crippen LogP contribution is 2.20. The van der Waals surface area contributed by atoms with Gasteiger partial charge in [0, 0.05) is 6.92 Å². The summed E-state index contributed by atoms with van der Waals surface area (Å²) in [4.78, 5) is 11.3. The van der Waals surface area contributed by atoms with Gasteiger partial charge in [0.1, 0.15) is 6.08 Å². The number of esters is 1. The lowest BCUT2D eigenvalue weighted by Gasteiger charge is -2.13. The number of hydrogen-bond donors (Lipinski definition) is 0. The number of carbonyl (C=O) groups excluding carboxylic acids is 1. The van der Waals surface area contributed by atoms with Gasteiger partial charge in [-0.15, -0.1) is 0 Å². The van der Waals surface area contributed by atoms with Crippen molar-refractivity contribution < 1.29 is 10.9 Å². The molecule has 19 heavy (non-hydrogen) atoms. The molecule has 0 bridgehead atoms. The molecule has 2 aromatic rings. The second kappa shape index (κ2) is 6.55. The average Bonchev–Trinajstić information content (AvgIpc) is 2.47. The summed E-state index contributed by atoms with van der Waals surface area (Å²) in [7, 11) is 0. The van der Waals surface area contributed by atoms with Crippen molar-refractivity contribution in [2.24, 2.45) is 0 Å². The van der Waals surface area contributed by atoms with Gasteiger partial charge in [0.25, 0.3) is 0 Å². The molecule has 2 heteroatoms. The number of carbonyl (C=O) groups is 1. The first kappa shape index (κ1) is 11.7. The minimum atomic E-state index is -1.51. The van der Waals surface area contributed by atoms with E-state index < -0.39 is 12.0 Å². The van der Waals surface area contributed by atoms with E-state index in [-0.39, 0.29) is 0 Å². The Morgan fingerprint density at radius 2 is 1.68 bits per heavy atom. The predicted octanol–water partition coefficient (Wildman–Crippen LogP) is 4.00. The minimum absolute atomic E-state index is 0.485. The fourth-order valence-electron chi connectivity index (χ4n) is 1.68. The van der Waals surface area contributed by atoms with Crippen LogP contribution in [0.4, 0.5) is 0 Å². The summed E-state index contributed by atoms with van der Waals surface area (Å²) in [5, 5.41) is 0. The first-order valence-electron chi connectivity index (χ1n) is 6.59. The van der Waals surface area contributed by atoms with Crippen molar-refractivity contribution in [2.45, 2.75) is 13.0 Å². The maximum absolute atomic E-state index is 11.3. The lowest BCUT2D eigenvalue weighted by Crippen LogP contribution is -2.05. The molecule has 0 heterocycles. The first-order valence-corrected chi connectivity index (χ1v) is 6.09. The minimum Gasteiger partial charge on any atom is -0.453 e. The van der Waals surface area contributed by atoms with E-state index in [1.54, 1.807) is 24.3 Å². The van der Waals surface area contributed by atoms with E-state index in [1.165, 1.54) is 6.92 Å². The lowest BCUT2D eigenvalue weighted by molar-refractivity contribution is -0.144. The molecule has 0 aliphatic rings. The highest BCUT2D eigenvalue weighted by Gasteiger charge is 2.10. The Balaban J connectivity index is 2.33. The van der Waals surface area contributed by atoms with Crippen molar-refractivity contribution in [1.29, 1.82) is 0 Å². The molecule has 0 aromatic heterocycles. The molecular formula is C17H16O2. The van der Waals surface area contributed by atoms with Gasteiger partial charge in [-0.05, 0) is 17.2 Å². The van der Waals surface area contributed by atoms with Gasteiger partial charge in [0.15, 0.2) is 0 Å². The van der Waals surface area contributed by atoms with Crippen molar-refractivity contribution in [3.8, 4) is 0 Å². The molecular weight excluding hydrogens is 236 g/mol. The summed E-state index contributed by atoms with van der Waals surface area (Å²) < 4.78 is 13.6. The van der Waals surface area contributed by atoms with Gasteiger partial charge in [-0.25, -0.2) is 0 Å². The van der Waals surface area contributed by atoms with Crippen LogP contribution in [0, 0.1) is 0 Å². The predicted molar refractivity (Wildman–Crippen MR) is 76.4 cm³/mol. The third-order valence-electron chi connectivity index (χ3n) is 2.54. The number of benzene rings is 2. The highest BCUT2D eigenvalue weighted by atomic mass is 16.5. The van der Waals surface area contributed by atoms with Crippen LogP contribution >= 0.6 is 0 Å². The Bertz CT molecular complexity index is 593.